The minimum Gasteiger partial charge on any atom is -0.496 e. The summed E-state index contributed by atoms with van der Waals surface area (Å²) in [5.41, 5.74) is 9.66. The van der Waals surface area contributed by atoms with E-state index in [9.17, 15) is 0 Å². The van der Waals surface area contributed by atoms with Crippen LogP contribution in [0.4, 0.5) is 0 Å². The lowest BCUT2D eigenvalue weighted by Crippen LogP contribution is -2.05. The molecule has 0 amide bonds. The molecule has 0 aliphatic heterocycles. The van der Waals surface area contributed by atoms with Crippen molar-refractivity contribution >= 4 is 0 Å². The molecule has 1 rings (SSSR count). The first-order valence-corrected chi connectivity index (χ1v) is 6.89. The zero-order chi connectivity index (χ0) is 13.7. The fraction of sp³-hybridized carbons (Fsp3) is 0.625. The van der Waals surface area contributed by atoms with E-state index in [-0.39, 0.29) is 0 Å². The largest absolute Gasteiger partial charge is 0.496 e. The Morgan fingerprint density at radius 2 is 1.83 bits per heavy atom. The standard InChI is InChI=1S/C16H27NO/c1-11(2)14-10-15(12(3)7-6-8-17)13(4)9-16(14)18-5/h9-12H,6-8,17H2,1-5H3. The van der Waals surface area contributed by atoms with Crippen molar-refractivity contribution in [1.29, 1.82) is 0 Å². The summed E-state index contributed by atoms with van der Waals surface area (Å²) in [6.45, 7) is 9.65. The maximum absolute atomic E-state index is 5.60. The highest BCUT2D eigenvalue weighted by atomic mass is 16.5. The van der Waals surface area contributed by atoms with Gasteiger partial charge in [-0.25, -0.2) is 0 Å². The minimum absolute atomic E-state index is 0.487. The third-order valence-corrected chi connectivity index (χ3v) is 3.61. The molecule has 0 saturated heterocycles. The molecule has 2 nitrogen and oxygen atoms in total. The second kappa shape index (κ2) is 6.79. The van der Waals surface area contributed by atoms with Crippen LogP contribution >= 0.6 is 0 Å². The van der Waals surface area contributed by atoms with E-state index < -0.39 is 0 Å². The van der Waals surface area contributed by atoms with Gasteiger partial charge in [-0.05, 0) is 60.9 Å². The van der Waals surface area contributed by atoms with Crippen molar-refractivity contribution < 1.29 is 4.74 Å². The van der Waals surface area contributed by atoms with Gasteiger partial charge in [-0.15, -0.1) is 0 Å². The molecule has 0 aromatic heterocycles. The molecule has 0 radical (unpaired) electrons. The summed E-state index contributed by atoms with van der Waals surface area (Å²) in [4.78, 5) is 0. The first-order valence-electron chi connectivity index (χ1n) is 6.89. The molecular weight excluding hydrogens is 222 g/mol. The second-order valence-electron chi connectivity index (χ2n) is 5.44. The van der Waals surface area contributed by atoms with Crippen molar-refractivity contribution in [2.24, 2.45) is 5.73 Å². The number of aryl methyl sites for hydroxylation is 1. The molecule has 1 aromatic carbocycles. The Hall–Kier alpha value is -1.02. The van der Waals surface area contributed by atoms with Gasteiger partial charge in [-0.1, -0.05) is 26.8 Å². The van der Waals surface area contributed by atoms with Crippen LogP contribution in [-0.2, 0) is 0 Å². The van der Waals surface area contributed by atoms with E-state index in [4.69, 9.17) is 10.5 Å². The molecule has 0 bridgehead atoms. The van der Waals surface area contributed by atoms with Crippen LogP contribution in [0.1, 0.15) is 62.1 Å². The summed E-state index contributed by atoms with van der Waals surface area (Å²) < 4.78 is 5.48. The maximum atomic E-state index is 5.60. The number of hydrogen-bond donors (Lipinski definition) is 1. The van der Waals surface area contributed by atoms with Gasteiger partial charge in [0.15, 0.2) is 0 Å². The molecule has 0 fully saturated rings. The van der Waals surface area contributed by atoms with Crippen LogP contribution in [0.2, 0.25) is 0 Å². The van der Waals surface area contributed by atoms with E-state index in [2.05, 4.69) is 39.8 Å². The van der Waals surface area contributed by atoms with Gasteiger partial charge in [-0.3, -0.25) is 0 Å². The fourth-order valence-electron chi connectivity index (χ4n) is 2.45. The van der Waals surface area contributed by atoms with Crippen molar-refractivity contribution in [2.45, 2.75) is 52.4 Å². The predicted octanol–water partition coefficient (Wildman–Crippen LogP) is 3.97. The highest BCUT2D eigenvalue weighted by Gasteiger charge is 2.14. The Kier molecular flexibility index (Phi) is 5.67. The molecule has 18 heavy (non-hydrogen) atoms. The van der Waals surface area contributed by atoms with Gasteiger partial charge in [0, 0.05) is 0 Å². The van der Waals surface area contributed by atoms with Gasteiger partial charge >= 0.3 is 0 Å². The average molecular weight is 249 g/mol. The van der Waals surface area contributed by atoms with E-state index in [1.807, 2.05) is 0 Å². The molecule has 2 heteroatoms. The molecule has 0 saturated carbocycles. The van der Waals surface area contributed by atoms with Crippen molar-refractivity contribution in [3.63, 3.8) is 0 Å². The second-order valence-corrected chi connectivity index (χ2v) is 5.44. The van der Waals surface area contributed by atoms with E-state index >= 15 is 0 Å². The monoisotopic (exact) mass is 249 g/mol. The molecule has 0 spiro atoms. The highest BCUT2D eigenvalue weighted by molar-refractivity contribution is 5.45. The number of benzene rings is 1. The van der Waals surface area contributed by atoms with E-state index in [1.54, 1.807) is 7.11 Å². The smallest absolute Gasteiger partial charge is 0.122 e. The first-order chi connectivity index (χ1) is 8.51. The van der Waals surface area contributed by atoms with Gasteiger partial charge in [0.05, 0.1) is 7.11 Å². The quantitative estimate of drug-likeness (QED) is 0.828. The normalized spacial score (nSPS) is 12.8. The first kappa shape index (κ1) is 15.0. The number of methoxy groups -OCH3 is 1. The van der Waals surface area contributed by atoms with Gasteiger partial charge in [0.1, 0.15) is 5.75 Å². The molecule has 1 unspecified atom stereocenters. The van der Waals surface area contributed by atoms with E-state index in [0.29, 0.717) is 11.8 Å². The summed E-state index contributed by atoms with van der Waals surface area (Å²) in [7, 11) is 1.75. The Morgan fingerprint density at radius 3 is 2.33 bits per heavy atom. The van der Waals surface area contributed by atoms with Gasteiger partial charge in [0.25, 0.3) is 0 Å². The summed E-state index contributed by atoms with van der Waals surface area (Å²) in [5.74, 6) is 2.07. The molecule has 2 N–H and O–H groups in total. The van der Waals surface area contributed by atoms with Crippen LogP contribution in [0.15, 0.2) is 12.1 Å². The Balaban J connectivity index is 3.08. The molecule has 0 heterocycles. The van der Waals surface area contributed by atoms with Crippen LogP contribution < -0.4 is 10.5 Å². The van der Waals surface area contributed by atoms with E-state index in [0.717, 1.165) is 25.1 Å². The summed E-state index contributed by atoms with van der Waals surface area (Å²) in [6.07, 6.45) is 2.24. The highest BCUT2D eigenvalue weighted by Crippen LogP contribution is 2.33. The van der Waals surface area contributed by atoms with Crippen molar-refractivity contribution in [3.8, 4) is 5.75 Å². The molecule has 0 aliphatic carbocycles. The van der Waals surface area contributed by atoms with Crippen molar-refractivity contribution in [1.82, 2.24) is 0 Å². The average Bonchev–Trinajstić information content (AvgIpc) is 2.34. The zero-order valence-corrected chi connectivity index (χ0v) is 12.4. The minimum atomic E-state index is 0.487. The Labute approximate surface area is 112 Å². The Bertz CT molecular complexity index is 385. The number of hydrogen-bond acceptors (Lipinski definition) is 2. The third kappa shape index (κ3) is 3.49. The van der Waals surface area contributed by atoms with E-state index in [1.165, 1.54) is 16.7 Å². The van der Waals surface area contributed by atoms with Crippen LogP contribution in [0.25, 0.3) is 0 Å². The molecule has 102 valence electrons. The van der Waals surface area contributed by atoms with Crippen LogP contribution in [0.5, 0.6) is 5.75 Å². The molecule has 1 aromatic rings. The van der Waals surface area contributed by atoms with Crippen molar-refractivity contribution in [2.75, 3.05) is 13.7 Å². The van der Waals surface area contributed by atoms with Crippen molar-refractivity contribution in [3.05, 3.63) is 28.8 Å². The number of rotatable bonds is 6. The molecule has 1 atom stereocenters. The molecular formula is C16H27NO. The summed E-state index contributed by atoms with van der Waals surface area (Å²) >= 11 is 0. The Morgan fingerprint density at radius 1 is 1.17 bits per heavy atom. The molecule has 0 aliphatic rings. The zero-order valence-electron chi connectivity index (χ0n) is 12.4. The lowest BCUT2D eigenvalue weighted by molar-refractivity contribution is 0.406. The SMILES string of the molecule is COc1cc(C)c(C(C)CCCN)cc1C(C)C. The van der Waals surface area contributed by atoms with Crippen LogP contribution in [-0.4, -0.2) is 13.7 Å². The van der Waals surface area contributed by atoms with Crippen LogP contribution in [0.3, 0.4) is 0 Å². The lowest BCUT2D eigenvalue weighted by atomic mass is 9.88. The van der Waals surface area contributed by atoms with Gasteiger partial charge in [-0.2, -0.15) is 0 Å². The lowest BCUT2D eigenvalue weighted by Gasteiger charge is -2.20. The van der Waals surface area contributed by atoms with Crippen LogP contribution in [0, 0.1) is 6.92 Å². The summed E-state index contributed by atoms with van der Waals surface area (Å²) in [5, 5.41) is 0. The van der Waals surface area contributed by atoms with Gasteiger partial charge < -0.3 is 10.5 Å². The third-order valence-electron chi connectivity index (χ3n) is 3.61. The number of nitrogens with two attached hydrogens (primary N) is 1. The maximum Gasteiger partial charge on any atom is 0.122 e. The van der Waals surface area contributed by atoms with Gasteiger partial charge in [0.2, 0.25) is 0 Å². The number of ether oxygens (including phenoxy) is 1. The summed E-state index contributed by atoms with van der Waals surface area (Å²) in [6, 6.07) is 4.49. The topological polar surface area (TPSA) is 35.2 Å². The predicted molar refractivity (Wildman–Crippen MR) is 78.5 cm³/mol. The fourth-order valence-corrected chi connectivity index (χ4v) is 2.45.